The summed E-state index contributed by atoms with van der Waals surface area (Å²) in [6.45, 7) is 1.72. The fourth-order valence-electron chi connectivity index (χ4n) is 2.66. The second kappa shape index (κ2) is 6.84. The predicted octanol–water partition coefficient (Wildman–Crippen LogP) is 4.88. The first-order valence-electron chi connectivity index (χ1n) is 7.65. The molecular weight excluding hydrogens is 341 g/mol. The van der Waals surface area contributed by atoms with Gasteiger partial charge >= 0.3 is 6.18 Å². The molecule has 1 N–H and O–H groups in total. The van der Waals surface area contributed by atoms with Crippen molar-refractivity contribution in [2.45, 2.75) is 25.4 Å². The van der Waals surface area contributed by atoms with Gasteiger partial charge in [-0.05, 0) is 43.5 Å². The van der Waals surface area contributed by atoms with Crippen molar-refractivity contribution in [2.24, 2.45) is 0 Å². The monoisotopic (exact) mass is 356 g/mol. The smallest absolute Gasteiger partial charge is 0.341 e. The quantitative estimate of drug-likeness (QED) is 0.850. The average Bonchev–Trinajstić information content (AvgIpc) is 2.57. The van der Waals surface area contributed by atoms with E-state index in [9.17, 15) is 13.2 Å². The molecule has 8 heteroatoms. The molecule has 2 aromatic rings. The predicted molar refractivity (Wildman–Crippen MR) is 87.8 cm³/mol. The van der Waals surface area contributed by atoms with E-state index in [1.54, 1.807) is 12.3 Å². The SMILES string of the molecule is FC(F)(F)c1cc(Cl)ccc1Nc1ccnc(N2CCCCC2)n1. The third-order valence-corrected chi connectivity index (χ3v) is 4.07. The van der Waals surface area contributed by atoms with E-state index in [-0.39, 0.29) is 10.7 Å². The molecule has 1 aliphatic rings. The van der Waals surface area contributed by atoms with Crippen LogP contribution < -0.4 is 10.2 Å². The summed E-state index contributed by atoms with van der Waals surface area (Å²) in [5, 5.41) is 2.76. The molecule has 24 heavy (non-hydrogen) atoms. The molecule has 1 saturated heterocycles. The fourth-order valence-corrected chi connectivity index (χ4v) is 2.83. The number of alkyl halides is 3. The van der Waals surface area contributed by atoms with Crippen molar-refractivity contribution < 1.29 is 13.2 Å². The summed E-state index contributed by atoms with van der Waals surface area (Å²) in [5.74, 6) is 0.848. The minimum Gasteiger partial charge on any atom is -0.341 e. The summed E-state index contributed by atoms with van der Waals surface area (Å²) in [6.07, 6.45) is 0.347. The van der Waals surface area contributed by atoms with Crippen LogP contribution in [0.1, 0.15) is 24.8 Å². The molecule has 1 aliphatic heterocycles. The van der Waals surface area contributed by atoms with Crippen molar-refractivity contribution in [2.75, 3.05) is 23.3 Å². The second-order valence-corrected chi connectivity index (χ2v) is 6.04. The van der Waals surface area contributed by atoms with E-state index in [2.05, 4.69) is 15.3 Å². The Hall–Kier alpha value is -2.02. The maximum absolute atomic E-state index is 13.2. The van der Waals surface area contributed by atoms with E-state index in [1.807, 2.05) is 4.90 Å². The normalized spacial score (nSPS) is 15.4. The van der Waals surface area contributed by atoms with Crippen LogP contribution in [0.4, 0.5) is 30.6 Å². The number of hydrogen-bond acceptors (Lipinski definition) is 4. The van der Waals surface area contributed by atoms with Crippen LogP contribution >= 0.6 is 11.6 Å². The number of nitrogens with zero attached hydrogens (tertiary/aromatic N) is 3. The lowest BCUT2D eigenvalue weighted by Gasteiger charge is -2.26. The number of rotatable bonds is 3. The Balaban J connectivity index is 1.86. The zero-order valence-electron chi connectivity index (χ0n) is 12.8. The van der Waals surface area contributed by atoms with Crippen LogP contribution in [0.25, 0.3) is 0 Å². The van der Waals surface area contributed by atoms with E-state index in [1.165, 1.54) is 18.6 Å². The Kier molecular flexibility index (Phi) is 4.80. The van der Waals surface area contributed by atoms with Crippen LogP contribution in [0, 0.1) is 0 Å². The van der Waals surface area contributed by atoms with E-state index in [4.69, 9.17) is 11.6 Å². The summed E-state index contributed by atoms with van der Waals surface area (Å²) >= 11 is 5.69. The van der Waals surface area contributed by atoms with Gasteiger partial charge in [0.05, 0.1) is 11.3 Å². The summed E-state index contributed by atoms with van der Waals surface area (Å²) in [4.78, 5) is 10.6. The van der Waals surface area contributed by atoms with Gasteiger partial charge in [0.15, 0.2) is 0 Å². The number of piperidine rings is 1. The van der Waals surface area contributed by atoms with E-state index in [0.29, 0.717) is 11.8 Å². The molecule has 0 unspecified atom stereocenters. The van der Waals surface area contributed by atoms with Gasteiger partial charge in [0, 0.05) is 24.3 Å². The Bertz CT molecular complexity index is 715. The molecule has 0 bridgehead atoms. The Morgan fingerprint density at radius 3 is 2.54 bits per heavy atom. The molecule has 0 atom stereocenters. The van der Waals surface area contributed by atoms with Gasteiger partial charge < -0.3 is 10.2 Å². The third-order valence-electron chi connectivity index (χ3n) is 3.83. The van der Waals surface area contributed by atoms with Gasteiger partial charge in [0.2, 0.25) is 5.95 Å². The first-order valence-corrected chi connectivity index (χ1v) is 8.03. The van der Waals surface area contributed by atoms with Crippen LogP contribution in [0.5, 0.6) is 0 Å². The van der Waals surface area contributed by atoms with Gasteiger partial charge in [-0.3, -0.25) is 0 Å². The van der Waals surface area contributed by atoms with Crippen molar-refractivity contribution in [3.8, 4) is 0 Å². The minimum atomic E-state index is -4.50. The summed E-state index contributed by atoms with van der Waals surface area (Å²) in [7, 11) is 0. The molecule has 1 aromatic carbocycles. The molecule has 4 nitrogen and oxygen atoms in total. The molecular formula is C16H16ClF3N4. The Labute approximate surface area is 142 Å². The molecule has 0 radical (unpaired) electrons. The van der Waals surface area contributed by atoms with E-state index >= 15 is 0 Å². The molecule has 1 aromatic heterocycles. The summed E-state index contributed by atoms with van der Waals surface area (Å²) in [6, 6.07) is 5.15. The first-order chi connectivity index (χ1) is 11.4. The highest BCUT2D eigenvalue weighted by Crippen LogP contribution is 2.37. The van der Waals surface area contributed by atoms with Crippen molar-refractivity contribution >= 4 is 29.1 Å². The largest absolute Gasteiger partial charge is 0.418 e. The highest BCUT2D eigenvalue weighted by atomic mass is 35.5. The van der Waals surface area contributed by atoms with Gasteiger partial charge in [0.25, 0.3) is 0 Å². The minimum absolute atomic E-state index is 0.0320. The second-order valence-electron chi connectivity index (χ2n) is 5.60. The fraction of sp³-hybridized carbons (Fsp3) is 0.375. The molecule has 0 saturated carbocycles. The van der Waals surface area contributed by atoms with Crippen LogP contribution in [-0.2, 0) is 6.18 Å². The van der Waals surface area contributed by atoms with Gasteiger partial charge in [0.1, 0.15) is 5.82 Å². The molecule has 3 rings (SSSR count). The molecule has 128 valence electrons. The Morgan fingerprint density at radius 2 is 1.83 bits per heavy atom. The number of benzene rings is 1. The third kappa shape index (κ3) is 3.90. The topological polar surface area (TPSA) is 41.1 Å². The number of anilines is 3. The number of aromatic nitrogens is 2. The maximum atomic E-state index is 13.2. The van der Waals surface area contributed by atoms with Crippen molar-refractivity contribution in [3.05, 3.63) is 41.0 Å². The van der Waals surface area contributed by atoms with E-state index in [0.717, 1.165) is 32.0 Å². The lowest BCUT2D eigenvalue weighted by molar-refractivity contribution is -0.136. The lowest BCUT2D eigenvalue weighted by Crippen LogP contribution is -2.31. The highest BCUT2D eigenvalue weighted by Gasteiger charge is 2.34. The van der Waals surface area contributed by atoms with Crippen molar-refractivity contribution in [1.29, 1.82) is 0 Å². The van der Waals surface area contributed by atoms with Crippen molar-refractivity contribution in [1.82, 2.24) is 9.97 Å². The molecule has 1 fully saturated rings. The highest BCUT2D eigenvalue weighted by molar-refractivity contribution is 6.30. The molecule has 2 heterocycles. The standard InChI is InChI=1S/C16H16ClF3N4/c17-11-4-5-13(12(10-11)16(18,19)20)22-14-6-7-21-15(23-14)24-8-2-1-3-9-24/h4-7,10H,1-3,8-9H2,(H,21,22,23). The Morgan fingerprint density at radius 1 is 1.08 bits per heavy atom. The molecule has 0 amide bonds. The van der Waals surface area contributed by atoms with Crippen LogP contribution in [0.2, 0.25) is 5.02 Å². The number of hydrogen-bond donors (Lipinski definition) is 1. The zero-order chi connectivity index (χ0) is 17.2. The summed E-state index contributed by atoms with van der Waals surface area (Å²) < 4.78 is 39.5. The molecule has 0 aliphatic carbocycles. The van der Waals surface area contributed by atoms with Crippen LogP contribution in [0.3, 0.4) is 0 Å². The van der Waals surface area contributed by atoms with Crippen LogP contribution in [0.15, 0.2) is 30.5 Å². The lowest BCUT2D eigenvalue weighted by atomic mass is 10.1. The number of halogens is 4. The molecule has 0 spiro atoms. The van der Waals surface area contributed by atoms with Crippen molar-refractivity contribution in [3.63, 3.8) is 0 Å². The number of nitrogens with one attached hydrogen (secondary N) is 1. The van der Waals surface area contributed by atoms with E-state index < -0.39 is 11.7 Å². The zero-order valence-corrected chi connectivity index (χ0v) is 13.5. The van der Waals surface area contributed by atoms with Crippen LogP contribution in [-0.4, -0.2) is 23.1 Å². The van der Waals surface area contributed by atoms with Gasteiger partial charge in [-0.15, -0.1) is 0 Å². The maximum Gasteiger partial charge on any atom is 0.418 e. The summed E-state index contributed by atoms with van der Waals surface area (Å²) in [5.41, 5.74) is -0.914. The van der Waals surface area contributed by atoms with Gasteiger partial charge in [-0.1, -0.05) is 11.6 Å². The van der Waals surface area contributed by atoms with Gasteiger partial charge in [-0.2, -0.15) is 18.2 Å². The first kappa shape index (κ1) is 16.8. The van der Waals surface area contributed by atoms with Gasteiger partial charge in [-0.25, -0.2) is 4.98 Å². The average molecular weight is 357 g/mol.